The van der Waals surface area contributed by atoms with Crippen molar-refractivity contribution in [2.75, 3.05) is 0 Å². The van der Waals surface area contributed by atoms with E-state index in [0.717, 1.165) is 12.3 Å². The van der Waals surface area contributed by atoms with Crippen LogP contribution in [0.2, 0.25) is 5.02 Å². The van der Waals surface area contributed by atoms with Gasteiger partial charge in [-0.05, 0) is 51.5 Å². The lowest BCUT2D eigenvalue weighted by molar-refractivity contribution is 0.0688. The van der Waals surface area contributed by atoms with Crippen LogP contribution >= 0.6 is 11.6 Å². The second-order valence-corrected chi connectivity index (χ2v) is 9.03. The summed E-state index contributed by atoms with van der Waals surface area (Å²) < 4.78 is 34.0. The minimum absolute atomic E-state index is 0.0755. The molecule has 0 fully saturated rings. The molecule has 0 spiro atoms. The molecule has 11 heteroatoms. The number of aryl methyl sites for hydroxylation is 2. The Labute approximate surface area is 210 Å². The summed E-state index contributed by atoms with van der Waals surface area (Å²) in [5.74, 6) is -0.805. The van der Waals surface area contributed by atoms with Crippen LogP contribution in [-0.2, 0) is 12.2 Å². The Balaban J connectivity index is 1.72. The van der Waals surface area contributed by atoms with E-state index in [1.807, 2.05) is 0 Å². The van der Waals surface area contributed by atoms with E-state index < -0.39 is 22.8 Å². The van der Waals surface area contributed by atoms with Gasteiger partial charge in [-0.15, -0.1) is 0 Å². The Kier molecular flexibility index (Phi) is 6.83. The minimum Gasteiger partial charge on any atom is -0.486 e. The zero-order valence-electron chi connectivity index (χ0n) is 19.9. The Morgan fingerprint density at radius 2 is 1.86 bits per heavy atom. The summed E-state index contributed by atoms with van der Waals surface area (Å²) in [6.45, 7) is 6.26. The third-order valence-corrected chi connectivity index (χ3v) is 5.65. The van der Waals surface area contributed by atoms with Crippen LogP contribution in [0.4, 0.5) is 8.78 Å². The lowest BCUT2D eigenvalue weighted by Crippen LogP contribution is -2.25. The van der Waals surface area contributed by atoms with Gasteiger partial charge in [-0.1, -0.05) is 11.6 Å². The van der Waals surface area contributed by atoms with Crippen molar-refractivity contribution in [1.29, 1.82) is 0 Å². The first-order valence-electron chi connectivity index (χ1n) is 10.8. The van der Waals surface area contributed by atoms with Crippen LogP contribution in [0.1, 0.15) is 36.8 Å². The lowest BCUT2D eigenvalue weighted by atomic mass is 10.1. The van der Waals surface area contributed by atoms with Crippen LogP contribution in [0.15, 0.2) is 47.7 Å². The number of rotatable bonds is 6. The fourth-order valence-corrected chi connectivity index (χ4v) is 3.70. The number of hydrogen-bond acceptors (Lipinski definition) is 7. The van der Waals surface area contributed by atoms with Crippen LogP contribution in [-0.4, -0.2) is 29.6 Å². The zero-order valence-corrected chi connectivity index (χ0v) is 20.6. The highest BCUT2D eigenvalue weighted by atomic mass is 35.5. The summed E-state index contributed by atoms with van der Waals surface area (Å²) >= 11 is 6.43. The smallest absolute Gasteiger partial charge is 0.267 e. The molecule has 0 amide bonds. The Morgan fingerprint density at radius 3 is 2.56 bits per heavy atom. The molecule has 1 aromatic carbocycles. The van der Waals surface area contributed by atoms with Crippen molar-refractivity contribution in [3.8, 4) is 22.7 Å². The van der Waals surface area contributed by atoms with E-state index in [1.165, 1.54) is 17.0 Å². The first-order valence-corrected chi connectivity index (χ1v) is 11.2. The van der Waals surface area contributed by atoms with Crippen LogP contribution in [0, 0.1) is 25.5 Å². The fourth-order valence-electron chi connectivity index (χ4n) is 3.49. The molecule has 0 atom stereocenters. The summed E-state index contributed by atoms with van der Waals surface area (Å²) in [7, 11) is 0. The van der Waals surface area contributed by atoms with Gasteiger partial charge in [0.2, 0.25) is 0 Å². The van der Waals surface area contributed by atoms with Crippen molar-refractivity contribution in [3.63, 3.8) is 0 Å². The SMILES string of the molecule is Cc1cc(OCc2ncc(F)cc2F)c(Cl)cc1-n1c(C)ncc(-c2ccnc(C(C)(C)O)n2)c1=O. The topological polar surface area (TPSA) is 103 Å². The maximum absolute atomic E-state index is 13.9. The molecule has 3 aromatic heterocycles. The van der Waals surface area contributed by atoms with Crippen LogP contribution in [0.3, 0.4) is 0 Å². The van der Waals surface area contributed by atoms with Crippen LogP contribution in [0.25, 0.3) is 16.9 Å². The van der Waals surface area contributed by atoms with Crippen molar-refractivity contribution in [3.05, 3.63) is 92.8 Å². The maximum Gasteiger partial charge on any atom is 0.267 e. The standard InChI is InChI=1S/C25H22ClF2N5O3/c1-13-7-22(36-12-20-18(28)8-15(27)10-31-20)17(26)9-21(13)33-14(2)30-11-16(23(33)34)19-5-6-29-24(32-19)25(3,4)35/h5-11,35H,12H2,1-4H3. The van der Waals surface area contributed by atoms with Gasteiger partial charge in [0.05, 0.1) is 28.2 Å². The molecule has 0 radical (unpaired) electrons. The minimum atomic E-state index is -1.29. The van der Waals surface area contributed by atoms with E-state index in [4.69, 9.17) is 16.3 Å². The normalized spacial score (nSPS) is 11.6. The molecule has 186 valence electrons. The molecular weight excluding hydrogens is 492 g/mol. The van der Waals surface area contributed by atoms with Crippen LogP contribution in [0.5, 0.6) is 5.75 Å². The Morgan fingerprint density at radius 1 is 1.11 bits per heavy atom. The fraction of sp³-hybridized carbons (Fsp3) is 0.240. The van der Waals surface area contributed by atoms with E-state index in [1.54, 1.807) is 45.9 Å². The predicted molar refractivity (Wildman–Crippen MR) is 129 cm³/mol. The van der Waals surface area contributed by atoms with Gasteiger partial charge in [0.15, 0.2) is 11.6 Å². The quantitative estimate of drug-likeness (QED) is 0.406. The van der Waals surface area contributed by atoms with Crippen molar-refractivity contribution < 1.29 is 18.6 Å². The lowest BCUT2D eigenvalue weighted by Gasteiger charge is -2.17. The number of ether oxygens (including phenoxy) is 1. The average Bonchev–Trinajstić information content (AvgIpc) is 2.80. The van der Waals surface area contributed by atoms with Gasteiger partial charge >= 0.3 is 0 Å². The number of pyridine rings is 1. The molecule has 0 saturated heterocycles. The van der Waals surface area contributed by atoms with Gasteiger partial charge in [0, 0.05) is 18.5 Å². The van der Waals surface area contributed by atoms with Crippen molar-refractivity contribution >= 4 is 11.6 Å². The molecule has 0 aliphatic carbocycles. The van der Waals surface area contributed by atoms with E-state index in [9.17, 15) is 18.7 Å². The molecule has 0 bridgehead atoms. The van der Waals surface area contributed by atoms with Crippen LogP contribution < -0.4 is 10.3 Å². The highest BCUT2D eigenvalue weighted by Gasteiger charge is 2.22. The van der Waals surface area contributed by atoms with Gasteiger partial charge in [0.1, 0.15) is 35.3 Å². The molecule has 0 saturated carbocycles. The van der Waals surface area contributed by atoms with E-state index >= 15 is 0 Å². The third-order valence-electron chi connectivity index (χ3n) is 5.36. The summed E-state index contributed by atoms with van der Waals surface area (Å²) in [4.78, 5) is 30.0. The summed E-state index contributed by atoms with van der Waals surface area (Å²) in [6, 6.07) is 5.43. The first-order chi connectivity index (χ1) is 17.0. The highest BCUT2D eigenvalue weighted by molar-refractivity contribution is 6.32. The predicted octanol–water partition coefficient (Wildman–Crippen LogP) is 4.44. The van der Waals surface area contributed by atoms with E-state index in [0.29, 0.717) is 22.8 Å². The highest BCUT2D eigenvalue weighted by Crippen LogP contribution is 2.31. The molecular formula is C25H22ClF2N5O3. The average molecular weight is 514 g/mol. The van der Waals surface area contributed by atoms with Gasteiger partial charge in [-0.25, -0.2) is 23.7 Å². The largest absolute Gasteiger partial charge is 0.486 e. The second kappa shape index (κ2) is 9.71. The molecule has 0 unspecified atom stereocenters. The first kappa shape index (κ1) is 25.3. The Hall–Kier alpha value is -3.76. The van der Waals surface area contributed by atoms with E-state index in [2.05, 4.69) is 19.9 Å². The molecule has 8 nitrogen and oxygen atoms in total. The number of halogens is 3. The van der Waals surface area contributed by atoms with Gasteiger partial charge in [-0.2, -0.15) is 0 Å². The molecule has 4 aromatic rings. The van der Waals surface area contributed by atoms with Gasteiger partial charge in [-0.3, -0.25) is 14.3 Å². The number of aliphatic hydroxyl groups is 1. The zero-order chi connectivity index (χ0) is 26.2. The number of hydrogen-bond donors (Lipinski definition) is 1. The summed E-state index contributed by atoms with van der Waals surface area (Å²) in [6.07, 6.45) is 3.78. The van der Waals surface area contributed by atoms with Crippen molar-refractivity contribution in [2.24, 2.45) is 0 Å². The second-order valence-electron chi connectivity index (χ2n) is 8.62. The molecule has 36 heavy (non-hydrogen) atoms. The number of nitrogens with zero attached hydrogens (tertiary/aromatic N) is 5. The van der Waals surface area contributed by atoms with Gasteiger partial charge < -0.3 is 9.84 Å². The third kappa shape index (κ3) is 5.09. The Bertz CT molecular complexity index is 1520. The van der Waals surface area contributed by atoms with Crippen molar-refractivity contribution in [2.45, 2.75) is 39.9 Å². The summed E-state index contributed by atoms with van der Waals surface area (Å²) in [5.41, 5.74) is -0.146. The summed E-state index contributed by atoms with van der Waals surface area (Å²) in [5, 5.41) is 10.4. The molecule has 0 aliphatic rings. The number of benzene rings is 1. The number of aromatic nitrogens is 5. The molecule has 4 rings (SSSR count). The van der Waals surface area contributed by atoms with E-state index in [-0.39, 0.29) is 34.5 Å². The monoisotopic (exact) mass is 513 g/mol. The van der Waals surface area contributed by atoms with Gasteiger partial charge in [0.25, 0.3) is 5.56 Å². The maximum atomic E-state index is 13.9. The molecule has 3 heterocycles. The molecule has 1 N–H and O–H groups in total. The van der Waals surface area contributed by atoms with Crippen molar-refractivity contribution in [1.82, 2.24) is 24.5 Å². The molecule has 0 aliphatic heterocycles.